The third-order valence-electron chi connectivity index (χ3n) is 7.20. The van der Waals surface area contributed by atoms with Crippen LogP contribution in [-0.4, -0.2) is 62.3 Å². The van der Waals surface area contributed by atoms with Gasteiger partial charge in [-0.2, -0.15) is 0 Å². The molecule has 0 spiro atoms. The zero-order valence-corrected chi connectivity index (χ0v) is 39.1. The van der Waals surface area contributed by atoms with Crippen LogP contribution in [0.1, 0.15) is 38.8 Å². The SMILES string of the molecule is CC(O)O.CC(O)O.[CH-]=C(C)c1ccccc1[As](c1ccccc1)c1ccccc1.[CH-]=C(C)c1ccccc1[As](c1ccccc1)c1ccccc1.[Pt].[Pt]. The normalized spacial score (nSPS) is 10.0. The summed E-state index contributed by atoms with van der Waals surface area (Å²) in [6.07, 6.45) is -2.33. The van der Waals surface area contributed by atoms with E-state index in [1.54, 1.807) is 0 Å². The Morgan fingerprint density at radius 1 is 0.389 bits per heavy atom. The molecule has 0 fully saturated rings. The molecule has 6 rings (SSSR count). The molecule has 0 saturated heterocycles. The molecular weight excluding hydrogens is 1160 g/mol. The van der Waals surface area contributed by atoms with Gasteiger partial charge in [-0.3, -0.25) is 0 Å². The molecule has 0 amide bonds. The number of benzene rings is 6. The summed E-state index contributed by atoms with van der Waals surface area (Å²) in [6.45, 7) is 18.8. The average molecular weight is 1200 g/mol. The smallest absolute Gasteiger partial charge is 0 e. The van der Waals surface area contributed by atoms with E-state index >= 15 is 0 Å². The molecular formula is C46H48As2O4Pt2-2. The van der Waals surface area contributed by atoms with Gasteiger partial charge < -0.3 is 20.4 Å². The summed E-state index contributed by atoms with van der Waals surface area (Å²) in [5.74, 6) is 0. The first-order chi connectivity index (χ1) is 25.0. The maximum atomic E-state index is 7.61. The Balaban J connectivity index is 0.000000437. The standard InChI is InChI=1S/2C21H18As.2C2H6O2.2Pt/c2*1-17(2)20-15-9-10-16-21(20)22(18-11-5-3-6-12-18)19-13-7-4-8-14-19;2*1-2(3)4;;/h2*1,3-16H,2H3;2*2-4H,1H3;;/q2*-1;;;;. The Morgan fingerprint density at radius 3 is 0.778 bits per heavy atom. The van der Waals surface area contributed by atoms with Crippen LogP contribution in [0.2, 0.25) is 0 Å². The fourth-order valence-electron chi connectivity index (χ4n) is 5.17. The summed E-state index contributed by atoms with van der Waals surface area (Å²) in [5, 5.41) is 30.4. The van der Waals surface area contributed by atoms with Crippen molar-refractivity contribution in [3.05, 3.63) is 194 Å². The predicted molar refractivity (Wildman–Crippen MR) is 223 cm³/mol. The largest absolute Gasteiger partial charge is 0 e. The summed E-state index contributed by atoms with van der Waals surface area (Å²) < 4.78 is 8.49. The molecule has 0 heterocycles. The van der Waals surface area contributed by atoms with E-state index in [-0.39, 0.29) is 42.1 Å². The Kier molecular flexibility index (Phi) is 24.4. The molecule has 0 aliphatic carbocycles. The van der Waals surface area contributed by atoms with E-state index in [1.165, 1.54) is 51.1 Å². The van der Waals surface area contributed by atoms with Crippen molar-refractivity contribution in [1.82, 2.24) is 0 Å². The number of hydrogen-bond acceptors (Lipinski definition) is 4. The number of hydrogen-bond donors (Lipinski definition) is 4. The molecule has 0 atom stereocenters. The third-order valence-corrected chi connectivity index (χ3v) is 17.7. The molecule has 288 valence electrons. The second kappa shape index (κ2) is 26.9. The van der Waals surface area contributed by atoms with Gasteiger partial charge in [-0.1, -0.05) is 0 Å². The van der Waals surface area contributed by atoms with Crippen molar-refractivity contribution in [2.75, 3.05) is 0 Å². The van der Waals surface area contributed by atoms with Crippen LogP contribution in [-0.2, 0) is 42.1 Å². The average Bonchev–Trinajstić information content (AvgIpc) is 3.14. The molecule has 6 aromatic rings. The zero-order chi connectivity index (χ0) is 37.9. The fraction of sp³-hybridized carbons (Fsp3) is 0.130. The molecule has 54 heavy (non-hydrogen) atoms. The maximum absolute atomic E-state index is 7.61. The van der Waals surface area contributed by atoms with Crippen LogP contribution in [0.15, 0.2) is 170 Å². The van der Waals surface area contributed by atoms with Gasteiger partial charge >= 0.3 is 275 Å². The number of allylic oxidation sites excluding steroid dienone is 2. The molecule has 4 nitrogen and oxygen atoms in total. The molecule has 8 heteroatoms. The van der Waals surface area contributed by atoms with Crippen LogP contribution in [0, 0.1) is 13.2 Å². The van der Waals surface area contributed by atoms with E-state index in [1.807, 2.05) is 13.8 Å². The molecule has 6 aromatic carbocycles. The number of aliphatic hydroxyl groups is 4. The molecule has 0 unspecified atom stereocenters. The van der Waals surface area contributed by atoms with E-state index in [0.29, 0.717) is 0 Å². The summed E-state index contributed by atoms with van der Waals surface area (Å²) in [5.41, 5.74) is 4.16. The predicted octanol–water partition coefficient (Wildman–Crippen LogP) is 4.71. The van der Waals surface area contributed by atoms with Gasteiger partial charge in [-0.15, -0.1) is 0 Å². The van der Waals surface area contributed by atoms with E-state index in [4.69, 9.17) is 33.6 Å². The first-order valence-corrected chi connectivity index (χ1v) is 22.5. The van der Waals surface area contributed by atoms with Crippen molar-refractivity contribution < 1.29 is 62.6 Å². The minimum Gasteiger partial charge on any atom is 0 e. The molecule has 0 bridgehead atoms. The van der Waals surface area contributed by atoms with Gasteiger partial charge in [0.05, 0.1) is 0 Å². The minimum atomic E-state index is -1.59. The summed E-state index contributed by atoms with van der Waals surface area (Å²) in [4.78, 5) is 0. The quantitative estimate of drug-likeness (QED) is 0.101. The van der Waals surface area contributed by atoms with Gasteiger partial charge in [-0.25, -0.2) is 0 Å². The first kappa shape index (κ1) is 49.2. The van der Waals surface area contributed by atoms with Gasteiger partial charge in [0.25, 0.3) is 0 Å². The van der Waals surface area contributed by atoms with E-state index in [0.717, 1.165) is 11.1 Å². The van der Waals surface area contributed by atoms with Crippen LogP contribution >= 0.6 is 0 Å². The van der Waals surface area contributed by atoms with Gasteiger partial charge in [0.1, 0.15) is 12.6 Å². The monoisotopic (exact) mass is 1200 g/mol. The van der Waals surface area contributed by atoms with Gasteiger partial charge in [0.2, 0.25) is 0 Å². The fourth-order valence-corrected chi connectivity index (χ4v) is 15.7. The van der Waals surface area contributed by atoms with Crippen LogP contribution in [0.3, 0.4) is 0 Å². The van der Waals surface area contributed by atoms with Crippen LogP contribution in [0.4, 0.5) is 0 Å². The number of rotatable bonds is 8. The summed E-state index contributed by atoms with van der Waals surface area (Å²) in [7, 11) is 0. The van der Waals surface area contributed by atoms with E-state index < -0.39 is 41.9 Å². The Bertz CT molecular complexity index is 1700. The van der Waals surface area contributed by atoms with Crippen molar-refractivity contribution in [2.24, 2.45) is 0 Å². The Labute approximate surface area is 360 Å². The van der Waals surface area contributed by atoms with Gasteiger partial charge in [-0.05, 0) is 13.8 Å². The van der Waals surface area contributed by atoms with E-state index in [2.05, 4.69) is 170 Å². The molecule has 0 radical (unpaired) electrons. The number of aliphatic hydroxyl groups excluding tert-OH is 2. The topological polar surface area (TPSA) is 80.9 Å². The van der Waals surface area contributed by atoms with Crippen molar-refractivity contribution in [3.8, 4) is 0 Å². The molecule has 4 N–H and O–H groups in total. The maximum Gasteiger partial charge on any atom is 0 e. The van der Waals surface area contributed by atoms with Crippen LogP contribution in [0.5, 0.6) is 0 Å². The second-order valence-corrected chi connectivity index (χ2v) is 20.8. The molecule has 0 aliphatic rings. The zero-order valence-electron chi connectivity index (χ0n) is 30.8. The van der Waals surface area contributed by atoms with Crippen molar-refractivity contribution >= 4 is 66.6 Å². The molecule has 0 aliphatic heterocycles. The van der Waals surface area contributed by atoms with Crippen LogP contribution in [0.25, 0.3) is 11.1 Å². The Morgan fingerprint density at radius 2 is 0.574 bits per heavy atom. The second-order valence-electron chi connectivity index (χ2n) is 11.7. The summed E-state index contributed by atoms with van der Waals surface area (Å²) >= 11 is -3.18. The molecule has 0 aromatic heterocycles. The minimum absolute atomic E-state index is 0. The van der Waals surface area contributed by atoms with Crippen molar-refractivity contribution in [1.29, 1.82) is 0 Å². The summed E-state index contributed by atoms with van der Waals surface area (Å²) in [6, 6.07) is 60.4. The van der Waals surface area contributed by atoms with Gasteiger partial charge in [0.15, 0.2) is 0 Å². The van der Waals surface area contributed by atoms with E-state index in [9.17, 15) is 0 Å². The van der Waals surface area contributed by atoms with Crippen LogP contribution < -0.4 is 26.1 Å². The first-order valence-electron chi connectivity index (χ1n) is 16.9. The third kappa shape index (κ3) is 16.5. The van der Waals surface area contributed by atoms with Gasteiger partial charge in [0, 0.05) is 42.1 Å². The Hall–Kier alpha value is -2.87. The molecule has 0 saturated carbocycles. The van der Waals surface area contributed by atoms with Crippen molar-refractivity contribution in [3.63, 3.8) is 0 Å². The van der Waals surface area contributed by atoms with Crippen molar-refractivity contribution in [2.45, 2.75) is 40.3 Å².